The van der Waals surface area contributed by atoms with Gasteiger partial charge in [-0.3, -0.25) is 9.59 Å². The molecule has 0 aliphatic carbocycles. The second-order valence-corrected chi connectivity index (χ2v) is 6.51. The third-order valence-corrected chi connectivity index (χ3v) is 4.51. The van der Waals surface area contributed by atoms with Gasteiger partial charge in [0.05, 0.1) is 0 Å². The van der Waals surface area contributed by atoms with Gasteiger partial charge in [-0.15, -0.1) is 0 Å². The first kappa shape index (κ1) is 16.8. The summed E-state index contributed by atoms with van der Waals surface area (Å²) in [7, 11) is 0. The van der Waals surface area contributed by atoms with Gasteiger partial charge in [0.15, 0.2) is 0 Å². The number of H-pyrrole nitrogens is 1. The second-order valence-electron chi connectivity index (χ2n) is 6.51. The lowest BCUT2D eigenvalue weighted by Crippen LogP contribution is -2.12. The third-order valence-electron chi connectivity index (χ3n) is 4.51. The SMILES string of the molecule is Cc1cccc(-c2cccc(C(=O)Nc3ccc4cc[nH]c(=O)c4c3)c2)c1. The van der Waals surface area contributed by atoms with Crippen molar-refractivity contribution < 1.29 is 4.79 Å². The number of carbonyl (C=O) groups is 1. The highest BCUT2D eigenvalue weighted by Crippen LogP contribution is 2.22. The molecule has 4 rings (SSSR count). The van der Waals surface area contributed by atoms with E-state index in [0.29, 0.717) is 16.6 Å². The van der Waals surface area contributed by atoms with Crippen molar-refractivity contribution in [2.75, 3.05) is 5.32 Å². The van der Waals surface area contributed by atoms with Gasteiger partial charge in [-0.25, -0.2) is 0 Å². The monoisotopic (exact) mass is 354 g/mol. The average molecular weight is 354 g/mol. The lowest BCUT2D eigenvalue weighted by atomic mass is 10.0. The topological polar surface area (TPSA) is 62.0 Å². The lowest BCUT2D eigenvalue weighted by molar-refractivity contribution is 0.102. The summed E-state index contributed by atoms with van der Waals surface area (Å²) in [6, 6.07) is 22.8. The van der Waals surface area contributed by atoms with Gasteiger partial charge in [0.2, 0.25) is 0 Å². The first-order chi connectivity index (χ1) is 13.1. The molecule has 0 bridgehead atoms. The number of hydrogen-bond acceptors (Lipinski definition) is 2. The van der Waals surface area contributed by atoms with Gasteiger partial charge in [-0.05, 0) is 53.8 Å². The molecule has 1 aromatic heterocycles. The highest BCUT2D eigenvalue weighted by atomic mass is 16.1. The summed E-state index contributed by atoms with van der Waals surface area (Å²) in [4.78, 5) is 27.3. The Bertz CT molecular complexity index is 1210. The zero-order valence-electron chi connectivity index (χ0n) is 14.8. The predicted octanol–water partition coefficient (Wildman–Crippen LogP) is 4.76. The quantitative estimate of drug-likeness (QED) is 0.557. The van der Waals surface area contributed by atoms with E-state index in [4.69, 9.17) is 0 Å². The van der Waals surface area contributed by atoms with Crippen molar-refractivity contribution in [3.63, 3.8) is 0 Å². The number of aromatic nitrogens is 1. The molecular formula is C23H18N2O2. The summed E-state index contributed by atoms with van der Waals surface area (Å²) in [6.45, 7) is 2.04. The summed E-state index contributed by atoms with van der Waals surface area (Å²) in [5, 5.41) is 4.25. The highest BCUT2D eigenvalue weighted by Gasteiger charge is 2.09. The van der Waals surface area contributed by atoms with Crippen LogP contribution in [0.25, 0.3) is 21.9 Å². The standard InChI is InChI=1S/C23H18N2O2/c1-15-4-2-5-17(12-15)18-6-3-7-19(13-18)22(26)25-20-9-8-16-10-11-24-23(27)21(16)14-20/h2-14H,1H3,(H,24,27)(H,25,26). The van der Waals surface area contributed by atoms with E-state index in [1.165, 1.54) is 5.56 Å². The molecule has 4 aromatic rings. The number of aromatic amines is 1. The molecule has 0 saturated heterocycles. The molecule has 3 aromatic carbocycles. The van der Waals surface area contributed by atoms with E-state index in [2.05, 4.69) is 16.4 Å². The molecule has 1 heterocycles. The normalized spacial score (nSPS) is 10.7. The largest absolute Gasteiger partial charge is 0.329 e. The molecule has 2 N–H and O–H groups in total. The molecule has 27 heavy (non-hydrogen) atoms. The van der Waals surface area contributed by atoms with Crippen LogP contribution < -0.4 is 10.9 Å². The summed E-state index contributed by atoms with van der Waals surface area (Å²) in [6.07, 6.45) is 1.61. The van der Waals surface area contributed by atoms with Gasteiger partial charge in [0.25, 0.3) is 11.5 Å². The number of fused-ring (bicyclic) bond motifs is 1. The van der Waals surface area contributed by atoms with Crippen LogP contribution in [0.4, 0.5) is 5.69 Å². The molecule has 0 saturated carbocycles. The average Bonchev–Trinajstić information content (AvgIpc) is 2.69. The number of amides is 1. The van der Waals surface area contributed by atoms with E-state index in [1.54, 1.807) is 24.4 Å². The molecular weight excluding hydrogens is 336 g/mol. The van der Waals surface area contributed by atoms with Crippen LogP contribution in [-0.2, 0) is 0 Å². The van der Waals surface area contributed by atoms with Gasteiger partial charge in [-0.2, -0.15) is 0 Å². The van der Waals surface area contributed by atoms with E-state index in [1.807, 2.05) is 55.5 Å². The van der Waals surface area contributed by atoms with Crippen LogP contribution in [0.15, 0.2) is 83.8 Å². The maximum atomic E-state index is 12.7. The van der Waals surface area contributed by atoms with Gasteiger partial charge < -0.3 is 10.3 Å². The lowest BCUT2D eigenvalue weighted by Gasteiger charge is -2.08. The molecule has 132 valence electrons. The van der Waals surface area contributed by atoms with Crippen LogP contribution in [0, 0.1) is 6.92 Å². The Hall–Kier alpha value is -3.66. The number of anilines is 1. The van der Waals surface area contributed by atoms with Crippen LogP contribution in [0.5, 0.6) is 0 Å². The van der Waals surface area contributed by atoms with E-state index in [0.717, 1.165) is 16.5 Å². The Balaban J connectivity index is 1.63. The van der Waals surface area contributed by atoms with Crippen molar-refractivity contribution >= 4 is 22.4 Å². The number of nitrogens with one attached hydrogen (secondary N) is 2. The Morgan fingerprint density at radius 2 is 1.67 bits per heavy atom. The minimum atomic E-state index is -0.212. The van der Waals surface area contributed by atoms with E-state index in [-0.39, 0.29) is 11.5 Å². The van der Waals surface area contributed by atoms with Crippen molar-refractivity contribution in [2.45, 2.75) is 6.92 Å². The summed E-state index contributed by atoms with van der Waals surface area (Å²) in [5.74, 6) is -0.212. The van der Waals surface area contributed by atoms with Crippen molar-refractivity contribution in [2.24, 2.45) is 0 Å². The van der Waals surface area contributed by atoms with Gasteiger partial charge in [0, 0.05) is 22.8 Å². The molecule has 0 aliphatic heterocycles. The molecule has 0 spiro atoms. The Kier molecular flexibility index (Phi) is 4.30. The minimum absolute atomic E-state index is 0.176. The second kappa shape index (κ2) is 6.92. The Morgan fingerprint density at radius 3 is 2.48 bits per heavy atom. The number of aryl methyl sites for hydroxylation is 1. The maximum Gasteiger partial charge on any atom is 0.255 e. The first-order valence-electron chi connectivity index (χ1n) is 8.70. The molecule has 0 fully saturated rings. The zero-order valence-corrected chi connectivity index (χ0v) is 14.8. The number of benzene rings is 3. The fourth-order valence-electron chi connectivity index (χ4n) is 3.13. The molecule has 0 radical (unpaired) electrons. The van der Waals surface area contributed by atoms with Crippen molar-refractivity contribution in [1.29, 1.82) is 0 Å². The van der Waals surface area contributed by atoms with Crippen molar-refractivity contribution in [3.8, 4) is 11.1 Å². The van der Waals surface area contributed by atoms with Gasteiger partial charge in [0.1, 0.15) is 0 Å². The van der Waals surface area contributed by atoms with E-state index < -0.39 is 0 Å². The maximum absolute atomic E-state index is 12.7. The first-order valence-corrected chi connectivity index (χ1v) is 8.70. The highest BCUT2D eigenvalue weighted by molar-refractivity contribution is 6.05. The summed E-state index contributed by atoms with van der Waals surface area (Å²) >= 11 is 0. The number of pyridine rings is 1. The van der Waals surface area contributed by atoms with Crippen LogP contribution >= 0.6 is 0 Å². The van der Waals surface area contributed by atoms with E-state index >= 15 is 0 Å². The summed E-state index contributed by atoms with van der Waals surface area (Å²) in [5.41, 5.74) is 4.21. The molecule has 4 heteroatoms. The minimum Gasteiger partial charge on any atom is -0.329 e. The van der Waals surface area contributed by atoms with Crippen molar-refractivity contribution in [3.05, 3.63) is 100 Å². The van der Waals surface area contributed by atoms with Crippen LogP contribution in [0.3, 0.4) is 0 Å². The fourth-order valence-corrected chi connectivity index (χ4v) is 3.13. The van der Waals surface area contributed by atoms with Crippen molar-refractivity contribution in [1.82, 2.24) is 4.98 Å². The number of rotatable bonds is 3. The van der Waals surface area contributed by atoms with Crippen LogP contribution in [0.1, 0.15) is 15.9 Å². The molecule has 1 amide bonds. The van der Waals surface area contributed by atoms with Gasteiger partial charge in [-0.1, -0.05) is 48.0 Å². The number of carbonyl (C=O) groups excluding carboxylic acids is 1. The number of hydrogen-bond donors (Lipinski definition) is 2. The van der Waals surface area contributed by atoms with Gasteiger partial charge >= 0.3 is 0 Å². The summed E-state index contributed by atoms with van der Waals surface area (Å²) < 4.78 is 0. The molecule has 0 atom stereocenters. The fraction of sp³-hybridized carbons (Fsp3) is 0.0435. The third kappa shape index (κ3) is 3.51. The zero-order chi connectivity index (χ0) is 18.8. The Morgan fingerprint density at radius 1 is 0.889 bits per heavy atom. The van der Waals surface area contributed by atoms with E-state index in [9.17, 15) is 9.59 Å². The predicted molar refractivity (Wildman–Crippen MR) is 109 cm³/mol. The molecule has 0 aliphatic rings. The molecule has 0 unspecified atom stereocenters. The van der Waals surface area contributed by atoms with Crippen LogP contribution in [0.2, 0.25) is 0 Å². The smallest absolute Gasteiger partial charge is 0.255 e. The molecule has 4 nitrogen and oxygen atoms in total. The van der Waals surface area contributed by atoms with Crippen LogP contribution in [-0.4, -0.2) is 10.9 Å². The Labute approximate surface area is 156 Å².